The molecule has 0 bridgehead atoms. The van der Waals surface area contributed by atoms with Crippen molar-refractivity contribution in [3.8, 4) is 11.5 Å². The summed E-state index contributed by atoms with van der Waals surface area (Å²) < 4.78 is 36.6. The molecular formula is C27H38ClN3O6S. The summed E-state index contributed by atoms with van der Waals surface area (Å²) in [7, 11) is -0.590. The predicted octanol–water partition coefficient (Wildman–Crippen LogP) is 4.09. The third-order valence-corrected chi connectivity index (χ3v) is 7.43. The van der Waals surface area contributed by atoms with E-state index in [0.29, 0.717) is 23.7 Å². The minimum Gasteiger partial charge on any atom is -0.497 e. The molecule has 1 atom stereocenters. The first-order valence-corrected chi connectivity index (χ1v) is 14.6. The molecule has 0 radical (unpaired) electrons. The maximum atomic E-state index is 13.4. The first kappa shape index (κ1) is 31.2. The summed E-state index contributed by atoms with van der Waals surface area (Å²) >= 11 is 6.20. The first-order chi connectivity index (χ1) is 17.9. The number of anilines is 1. The second-order valence-corrected chi connectivity index (χ2v) is 11.8. The fraction of sp³-hybridized carbons (Fsp3) is 0.481. The molecule has 2 rings (SSSR count). The summed E-state index contributed by atoms with van der Waals surface area (Å²) in [6.45, 7) is 6.48. The van der Waals surface area contributed by atoms with E-state index in [1.807, 2.05) is 26.0 Å². The van der Waals surface area contributed by atoms with E-state index in [1.165, 1.54) is 22.4 Å². The molecule has 210 valence electrons. The molecule has 0 aliphatic heterocycles. The smallest absolute Gasteiger partial charge is 0.242 e. The van der Waals surface area contributed by atoms with E-state index in [4.69, 9.17) is 21.1 Å². The number of benzene rings is 2. The maximum Gasteiger partial charge on any atom is 0.242 e. The Bertz CT molecular complexity index is 1190. The van der Waals surface area contributed by atoms with E-state index in [-0.39, 0.29) is 48.7 Å². The number of ether oxygens (including phenoxy) is 2. The lowest BCUT2D eigenvalue weighted by Gasteiger charge is -2.29. The highest BCUT2D eigenvalue weighted by Crippen LogP contribution is 2.30. The van der Waals surface area contributed by atoms with Crippen LogP contribution in [0.5, 0.6) is 11.5 Å². The number of amides is 2. The second kappa shape index (κ2) is 14.2. The van der Waals surface area contributed by atoms with Gasteiger partial charge in [-0.05, 0) is 55.2 Å². The standard InChI is InChI=1S/C27H38ClN3O6S/c1-19(2)17-29-27(33)20(3)30(18-21-9-12-23(36-4)13-10-21)26(32)8-7-15-31(38(6,34)35)22-11-14-25(37-5)24(28)16-22/h9-14,16,19-20H,7-8,15,17-18H2,1-6H3,(H,29,33). The highest BCUT2D eigenvalue weighted by molar-refractivity contribution is 7.92. The van der Waals surface area contributed by atoms with E-state index >= 15 is 0 Å². The molecule has 38 heavy (non-hydrogen) atoms. The Morgan fingerprint density at radius 1 is 1.03 bits per heavy atom. The molecule has 11 heteroatoms. The van der Waals surface area contributed by atoms with Gasteiger partial charge < -0.3 is 19.7 Å². The minimum atomic E-state index is -3.64. The molecular weight excluding hydrogens is 530 g/mol. The number of carbonyl (C=O) groups is 2. The summed E-state index contributed by atoms with van der Waals surface area (Å²) in [6, 6.07) is 11.3. The highest BCUT2D eigenvalue weighted by Gasteiger charge is 2.27. The van der Waals surface area contributed by atoms with E-state index in [1.54, 1.807) is 38.3 Å². The van der Waals surface area contributed by atoms with Crippen LogP contribution in [0.15, 0.2) is 42.5 Å². The van der Waals surface area contributed by atoms with Crippen molar-refractivity contribution in [2.45, 2.75) is 46.2 Å². The molecule has 0 saturated carbocycles. The molecule has 0 fully saturated rings. The van der Waals surface area contributed by atoms with E-state index in [0.717, 1.165) is 11.8 Å². The number of halogens is 1. The van der Waals surface area contributed by atoms with Crippen LogP contribution in [0.25, 0.3) is 0 Å². The third-order valence-electron chi connectivity index (χ3n) is 5.94. The van der Waals surface area contributed by atoms with Crippen LogP contribution in [0.2, 0.25) is 5.02 Å². The Labute approximate surface area is 231 Å². The molecule has 2 aromatic carbocycles. The Morgan fingerprint density at radius 2 is 1.68 bits per heavy atom. The van der Waals surface area contributed by atoms with Gasteiger partial charge in [0.2, 0.25) is 21.8 Å². The topological polar surface area (TPSA) is 105 Å². The van der Waals surface area contributed by atoms with Crippen LogP contribution in [0, 0.1) is 5.92 Å². The zero-order chi connectivity index (χ0) is 28.5. The number of sulfonamides is 1. The zero-order valence-corrected chi connectivity index (χ0v) is 24.4. The Balaban J connectivity index is 2.19. The average Bonchev–Trinajstić information content (AvgIpc) is 2.87. The lowest BCUT2D eigenvalue weighted by Crippen LogP contribution is -2.48. The highest BCUT2D eigenvalue weighted by atomic mass is 35.5. The normalized spacial score (nSPS) is 12.1. The van der Waals surface area contributed by atoms with Crippen LogP contribution in [-0.2, 0) is 26.2 Å². The van der Waals surface area contributed by atoms with E-state index < -0.39 is 16.1 Å². The average molecular weight is 568 g/mol. The van der Waals surface area contributed by atoms with Crippen molar-refractivity contribution in [3.05, 3.63) is 53.1 Å². The maximum absolute atomic E-state index is 13.4. The van der Waals surface area contributed by atoms with Gasteiger partial charge in [0.1, 0.15) is 17.5 Å². The quantitative estimate of drug-likeness (QED) is 0.368. The predicted molar refractivity (Wildman–Crippen MR) is 150 cm³/mol. The second-order valence-electron chi connectivity index (χ2n) is 9.44. The van der Waals surface area contributed by atoms with Gasteiger partial charge in [0, 0.05) is 26.1 Å². The van der Waals surface area contributed by atoms with Crippen molar-refractivity contribution in [1.82, 2.24) is 10.2 Å². The Kier molecular flexibility index (Phi) is 11.7. The van der Waals surface area contributed by atoms with E-state index in [2.05, 4.69) is 5.32 Å². The van der Waals surface area contributed by atoms with Crippen LogP contribution in [0.3, 0.4) is 0 Å². The van der Waals surface area contributed by atoms with Gasteiger partial charge in [-0.15, -0.1) is 0 Å². The molecule has 9 nitrogen and oxygen atoms in total. The van der Waals surface area contributed by atoms with Gasteiger partial charge in [-0.1, -0.05) is 37.6 Å². The Morgan fingerprint density at radius 3 is 2.21 bits per heavy atom. The van der Waals surface area contributed by atoms with Crippen molar-refractivity contribution in [2.24, 2.45) is 5.92 Å². The molecule has 0 aromatic heterocycles. The van der Waals surface area contributed by atoms with Crippen molar-refractivity contribution in [1.29, 1.82) is 0 Å². The molecule has 2 aromatic rings. The monoisotopic (exact) mass is 567 g/mol. The fourth-order valence-corrected chi connectivity index (χ4v) is 4.99. The van der Waals surface area contributed by atoms with Gasteiger partial charge in [-0.3, -0.25) is 13.9 Å². The van der Waals surface area contributed by atoms with Gasteiger partial charge in [-0.2, -0.15) is 0 Å². The largest absolute Gasteiger partial charge is 0.497 e. The molecule has 0 spiro atoms. The van der Waals surface area contributed by atoms with Crippen molar-refractivity contribution in [3.63, 3.8) is 0 Å². The van der Waals surface area contributed by atoms with Crippen LogP contribution >= 0.6 is 11.6 Å². The molecule has 0 saturated heterocycles. The van der Waals surface area contributed by atoms with Crippen LogP contribution in [0.1, 0.15) is 39.2 Å². The number of hydrogen-bond donors (Lipinski definition) is 1. The lowest BCUT2D eigenvalue weighted by molar-refractivity contribution is -0.140. The van der Waals surface area contributed by atoms with Crippen LogP contribution in [-0.4, -0.2) is 64.7 Å². The molecule has 1 unspecified atom stereocenters. The minimum absolute atomic E-state index is 0.0495. The summed E-state index contributed by atoms with van der Waals surface area (Å²) in [6.07, 6.45) is 1.40. The number of carbonyl (C=O) groups excluding carboxylic acids is 2. The summed E-state index contributed by atoms with van der Waals surface area (Å²) in [4.78, 5) is 27.7. The fourth-order valence-electron chi connectivity index (χ4n) is 3.78. The van der Waals surface area contributed by atoms with Crippen LogP contribution in [0.4, 0.5) is 5.69 Å². The number of hydrogen-bond acceptors (Lipinski definition) is 6. The van der Waals surface area contributed by atoms with Crippen molar-refractivity contribution in [2.75, 3.05) is 37.9 Å². The zero-order valence-electron chi connectivity index (χ0n) is 22.9. The molecule has 0 aliphatic carbocycles. The summed E-state index contributed by atoms with van der Waals surface area (Å²) in [5, 5.41) is 3.17. The van der Waals surface area contributed by atoms with Crippen LogP contribution < -0.4 is 19.1 Å². The molecule has 2 amide bonds. The lowest BCUT2D eigenvalue weighted by atomic mass is 10.1. The summed E-state index contributed by atoms with van der Waals surface area (Å²) in [5.74, 6) is 0.887. The number of methoxy groups -OCH3 is 2. The number of nitrogens with one attached hydrogen (secondary N) is 1. The summed E-state index contributed by atoms with van der Waals surface area (Å²) in [5.41, 5.74) is 1.22. The molecule has 0 aliphatic rings. The van der Waals surface area contributed by atoms with Gasteiger partial charge >= 0.3 is 0 Å². The van der Waals surface area contributed by atoms with Crippen molar-refractivity contribution < 1.29 is 27.5 Å². The molecule has 0 heterocycles. The van der Waals surface area contributed by atoms with Gasteiger partial charge in [0.05, 0.1) is 31.2 Å². The van der Waals surface area contributed by atoms with Crippen molar-refractivity contribution >= 4 is 39.1 Å². The first-order valence-electron chi connectivity index (χ1n) is 12.4. The third kappa shape index (κ3) is 9.09. The van der Waals surface area contributed by atoms with E-state index in [9.17, 15) is 18.0 Å². The SMILES string of the molecule is COc1ccc(CN(C(=O)CCCN(c2ccc(OC)c(Cl)c2)S(C)(=O)=O)C(C)C(=O)NCC(C)C)cc1. The van der Waals surface area contributed by atoms with Gasteiger partial charge in [0.15, 0.2) is 0 Å². The van der Waals surface area contributed by atoms with Gasteiger partial charge in [0.25, 0.3) is 0 Å². The molecule has 1 N–H and O–H groups in total. The number of nitrogens with zero attached hydrogens (tertiary/aromatic N) is 2. The number of rotatable bonds is 14. The van der Waals surface area contributed by atoms with Gasteiger partial charge in [-0.25, -0.2) is 8.42 Å². The Hall–Kier alpha value is -2.98.